The van der Waals surface area contributed by atoms with E-state index in [0.717, 1.165) is 6.54 Å². The van der Waals surface area contributed by atoms with E-state index in [9.17, 15) is 14.4 Å². The average molecular weight is 286 g/mol. The Morgan fingerprint density at radius 2 is 2.00 bits per heavy atom. The highest BCUT2D eigenvalue weighted by Gasteiger charge is 2.30. The zero-order valence-electron chi connectivity index (χ0n) is 12.1. The van der Waals surface area contributed by atoms with Crippen LogP contribution in [-0.4, -0.2) is 50.7 Å². The molecular formula is C13H22N2O5. The van der Waals surface area contributed by atoms with Gasteiger partial charge in [0, 0.05) is 12.0 Å². The van der Waals surface area contributed by atoms with Gasteiger partial charge in [-0.05, 0) is 26.3 Å². The molecule has 1 rings (SSSR count). The third-order valence-corrected chi connectivity index (χ3v) is 3.40. The average Bonchev–Trinajstić information content (AvgIpc) is 2.45. The Labute approximate surface area is 118 Å². The van der Waals surface area contributed by atoms with E-state index in [0.29, 0.717) is 12.8 Å². The predicted molar refractivity (Wildman–Crippen MR) is 70.8 cm³/mol. The number of hydrogen-bond acceptors (Lipinski definition) is 6. The van der Waals surface area contributed by atoms with Crippen molar-refractivity contribution in [3.8, 4) is 0 Å². The lowest BCUT2D eigenvalue weighted by Gasteiger charge is -2.28. The number of nitrogens with one attached hydrogen (secondary N) is 2. The molecule has 0 aromatic heterocycles. The van der Waals surface area contributed by atoms with Gasteiger partial charge in [-0.25, -0.2) is 4.79 Å². The smallest absolute Gasteiger partial charge is 0.328 e. The van der Waals surface area contributed by atoms with Gasteiger partial charge in [0.15, 0.2) is 0 Å². The molecule has 0 saturated carbocycles. The topological polar surface area (TPSA) is 93.7 Å². The van der Waals surface area contributed by atoms with Crippen LogP contribution >= 0.6 is 0 Å². The molecule has 2 N–H and O–H groups in total. The lowest BCUT2D eigenvalue weighted by Crippen LogP contribution is -2.48. The third kappa shape index (κ3) is 4.80. The second kappa shape index (κ2) is 7.84. The molecule has 0 bridgehead atoms. The monoisotopic (exact) mass is 286 g/mol. The predicted octanol–water partition coefficient (Wildman–Crippen LogP) is -0.405. The maximum absolute atomic E-state index is 12.1. The Balaban J connectivity index is 2.61. The summed E-state index contributed by atoms with van der Waals surface area (Å²) in [5.74, 6) is -1.60. The Kier molecular flexibility index (Phi) is 6.44. The van der Waals surface area contributed by atoms with Crippen molar-refractivity contribution in [2.75, 3.05) is 20.8 Å². The standard InChI is InChI=1S/C13H22N2O5/c1-8-6-9(4-5-14-8)12(17)15-10(13(18)20-3)7-11(16)19-2/h8-10,14H,4-7H2,1-3H3,(H,15,17)/t8-,9-,10?/m0/s1. The molecule has 20 heavy (non-hydrogen) atoms. The molecule has 1 amide bonds. The van der Waals surface area contributed by atoms with Crippen LogP contribution < -0.4 is 10.6 Å². The SMILES string of the molecule is COC(=O)CC(NC(=O)[C@H]1CCN[C@@H](C)C1)C(=O)OC. The maximum atomic E-state index is 12.1. The zero-order valence-corrected chi connectivity index (χ0v) is 12.1. The van der Waals surface area contributed by atoms with Crippen LogP contribution in [0.4, 0.5) is 0 Å². The van der Waals surface area contributed by atoms with Gasteiger partial charge >= 0.3 is 11.9 Å². The molecule has 1 saturated heterocycles. The first kappa shape index (κ1) is 16.4. The van der Waals surface area contributed by atoms with Gasteiger partial charge in [0.2, 0.25) is 5.91 Å². The first-order chi connectivity index (χ1) is 9.47. The molecule has 7 heteroatoms. The number of ether oxygens (including phenoxy) is 2. The number of hydrogen-bond donors (Lipinski definition) is 2. The molecule has 1 aliphatic rings. The molecule has 114 valence electrons. The van der Waals surface area contributed by atoms with Gasteiger partial charge in [-0.1, -0.05) is 0 Å². The van der Waals surface area contributed by atoms with E-state index in [1.54, 1.807) is 0 Å². The van der Waals surface area contributed by atoms with Crippen LogP contribution in [0, 0.1) is 5.92 Å². The molecule has 0 aliphatic carbocycles. The van der Waals surface area contributed by atoms with E-state index in [-0.39, 0.29) is 24.3 Å². The molecule has 3 atom stereocenters. The van der Waals surface area contributed by atoms with Crippen molar-refractivity contribution in [3.63, 3.8) is 0 Å². The Hall–Kier alpha value is -1.63. The molecule has 0 aromatic carbocycles. The minimum Gasteiger partial charge on any atom is -0.469 e. The van der Waals surface area contributed by atoms with E-state index >= 15 is 0 Å². The largest absolute Gasteiger partial charge is 0.469 e. The van der Waals surface area contributed by atoms with Gasteiger partial charge in [0.1, 0.15) is 6.04 Å². The molecule has 1 unspecified atom stereocenters. The molecular weight excluding hydrogens is 264 g/mol. The zero-order chi connectivity index (χ0) is 15.1. The van der Waals surface area contributed by atoms with Crippen LogP contribution in [0.1, 0.15) is 26.2 Å². The van der Waals surface area contributed by atoms with Gasteiger partial charge in [-0.15, -0.1) is 0 Å². The highest BCUT2D eigenvalue weighted by Crippen LogP contribution is 2.16. The van der Waals surface area contributed by atoms with Crippen molar-refractivity contribution < 1.29 is 23.9 Å². The summed E-state index contributed by atoms with van der Waals surface area (Å²) >= 11 is 0. The lowest BCUT2D eigenvalue weighted by molar-refractivity contribution is -0.151. The number of methoxy groups -OCH3 is 2. The van der Waals surface area contributed by atoms with Gasteiger partial charge in [-0.2, -0.15) is 0 Å². The number of piperidine rings is 1. The Morgan fingerprint density at radius 1 is 1.30 bits per heavy atom. The fourth-order valence-electron chi connectivity index (χ4n) is 2.25. The van der Waals surface area contributed by atoms with E-state index in [4.69, 9.17) is 0 Å². The van der Waals surface area contributed by atoms with E-state index in [1.165, 1.54) is 14.2 Å². The number of carbonyl (C=O) groups excluding carboxylic acids is 3. The van der Waals surface area contributed by atoms with Crippen LogP contribution in [0.15, 0.2) is 0 Å². The second-order valence-corrected chi connectivity index (χ2v) is 4.94. The molecule has 0 radical (unpaired) electrons. The van der Waals surface area contributed by atoms with Crippen molar-refractivity contribution in [1.29, 1.82) is 0 Å². The number of esters is 2. The maximum Gasteiger partial charge on any atom is 0.328 e. The van der Waals surface area contributed by atoms with E-state index in [1.807, 2.05) is 6.92 Å². The minimum absolute atomic E-state index is 0.156. The summed E-state index contributed by atoms with van der Waals surface area (Å²) in [4.78, 5) is 35.0. The summed E-state index contributed by atoms with van der Waals surface area (Å²) in [5, 5.41) is 5.83. The Bertz CT molecular complexity index is 372. The molecule has 0 aromatic rings. The molecule has 1 aliphatic heterocycles. The number of rotatable bonds is 5. The van der Waals surface area contributed by atoms with Crippen molar-refractivity contribution in [2.45, 2.75) is 38.3 Å². The van der Waals surface area contributed by atoms with Gasteiger partial charge in [0.05, 0.1) is 20.6 Å². The van der Waals surface area contributed by atoms with Crippen LogP contribution in [0.5, 0.6) is 0 Å². The number of carbonyl (C=O) groups is 3. The summed E-state index contributed by atoms with van der Waals surface area (Å²) < 4.78 is 9.10. The number of amides is 1. The fourth-order valence-corrected chi connectivity index (χ4v) is 2.25. The molecule has 7 nitrogen and oxygen atoms in total. The van der Waals surface area contributed by atoms with Crippen LogP contribution in [-0.2, 0) is 23.9 Å². The van der Waals surface area contributed by atoms with Gasteiger partial charge < -0.3 is 20.1 Å². The molecule has 0 spiro atoms. The normalized spacial score (nSPS) is 23.6. The van der Waals surface area contributed by atoms with Crippen LogP contribution in [0.2, 0.25) is 0 Å². The highest BCUT2D eigenvalue weighted by molar-refractivity contribution is 5.88. The lowest BCUT2D eigenvalue weighted by atomic mass is 9.92. The van der Waals surface area contributed by atoms with Crippen molar-refractivity contribution in [2.24, 2.45) is 5.92 Å². The van der Waals surface area contributed by atoms with Gasteiger partial charge in [0.25, 0.3) is 0 Å². The minimum atomic E-state index is -0.995. The quantitative estimate of drug-likeness (QED) is 0.668. The summed E-state index contributed by atoms with van der Waals surface area (Å²) in [6.07, 6.45) is 1.19. The van der Waals surface area contributed by atoms with Crippen LogP contribution in [0.3, 0.4) is 0 Å². The van der Waals surface area contributed by atoms with Crippen molar-refractivity contribution >= 4 is 17.8 Å². The summed E-state index contributed by atoms with van der Waals surface area (Å²) in [5.41, 5.74) is 0. The van der Waals surface area contributed by atoms with Crippen LogP contribution in [0.25, 0.3) is 0 Å². The Morgan fingerprint density at radius 3 is 2.55 bits per heavy atom. The third-order valence-electron chi connectivity index (χ3n) is 3.40. The molecule has 1 heterocycles. The molecule has 1 fully saturated rings. The second-order valence-electron chi connectivity index (χ2n) is 4.94. The fraction of sp³-hybridized carbons (Fsp3) is 0.769. The van der Waals surface area contributed by atoms with Crippen molar-refractivity contribution in [1.82, 2.24) is 10.6 Å². The van der Waals surface area contributed by atoms with E-state index in [2.05, 4.69) is 20.1 Å². The first-order valence-electron chi connectivity index (χ1n) is 6.66. The van der Waals surface area contributed by atoms with E-state index < -0.39 is 18.0 Å². The summed E-state index contributed by atoms with van der Waals surface area (Å²) in [7, 11) is 2.44. The van der Waals surface area contributed by atoms with Gasteiger partial charge in [-0.3, -0.25) is 9.59 Å². The first-order valence-corrected chi connectivity index (χ1v) is 6.66. The highest BCUT2D eigenvalue weighted by atomic mass is 16.5. The summed E-state index contributed by atoms with van der Waals surface area (Å²) in [6.45, 7) is 2.77. The summed E-state index contributed by atoms with van der Waals surface area (Å²) in [6, 6.07) is -0.734. The van der Waals surface area contributed by atoms with Crippen molar-refractivity contribution in [3.05, 3.63) is 0 Å².